The molecular weight excluding hydrogens is 238 g/mol. The summed E-state index contributed by atoms with van der Waals surface area (Å²) in [5.74, 6) is -1.61. The zero-order valence-corrected chi connectivity index (χ0v) is 9.89. The number of nitrogens with one attached hydrogen (secondary N) is 1. The van der Waals surface area contributed by atoms with Crippen LogP contribution < -0.4 is 5.32 Å². The van der Waals surface area contributed by atoms with Crippen molar-refractivity contribution in [2.75, 3.05) is 13.7 Å². The van der Waals surface area contributed by atoms with E-state index in [-0.39, 0.29) is 12.5 Å². The summed E-state index contributed by atoms with van der Waals surface area (Å²) in [6.07, 6.45) is 3.72. The number of amides is 1. The Hall–Kier alpha value is -2.37. The second-order valence-electron chi connectivity index (χ2n) is 3.54. The van der Waals surface area contributed by atoms with Crippen molar-refractivity contribution in [3.05, 3.63) is 36.1 Å². The average molecular weight is 251 g/mol. The second-order valence-corrected chi connectivity index (χ2v) is 3.54. The van der Waals surface area contributed by atoms with Gasteiger partial charge in [0.15, 0.2) is 0 Å². The van der Waals surface area contributed by atoms with Gasteiger partial charge in [-0.15, -0.1) is 0 Å². The number of methoxy groups -OCH3 is 1. The molecule has 0 aliphatic carbocycles. The predicted molar refractivity (Wildman–Crippen MR) is 62.1 cm³/mol. The standard InChI is InChI=1S/C12H13NO5/c1-8-5-9(6-10(14)13-8)7-18-12(16)4-3-11(15)17-2/h3-4,6H,1,5,7H2,2H3,(H,13,14)/b4-3+. The van der Waals surface area contributed by atoms with E-state index in [0.717, 1.165) is 12.2 Å². The van der Waals surface area contributed by atoms with E-state index in [1.54, 1.807) is 0 Å². The fourth-order valence-electron chi connectivity index (χ4n) is 1.27. The molecule has 0 radical (unpaired) electrons. The average Bonchev–Trinajstić information content (AvgIpc) is 2.32. The lowest BCUT2D eigenvalue weighted by Crippen LogP contribution is -2.26. The maximum Gasteiger partial charge on any atom is 0.331 e. The SMILES string of the molecule is C=C1CC(COC(=O)/C=C/C(=O)OC)=CC(=O)N1. The first-order valence-corrected chi connectivity index (χ1v) is 5.12. The summed E-state index contributed by atoms with van der Waals surface area (Å²) in [5.41, 5.74) is 1.20. The normalized spacial score (nSPS) is 15.1. The number of ether oxygens (including phenoxy) is 2. The lowest BCUT2D eigenvalue weighted by Gasteiger charge is -2.15. The molecule has 0 saturated heterocycles. The molecule has 6 nitrogen and oxygen atoms in total. The summed E-state index contributed by atoms with van der Waals surface area (Å²) in [6, 6.07) is 0. The van der Waals surface area contributed by atoms with E-state index in [1.807, 2.05) is 0 Å². The van der Waals surface area contributed by atoms with Crippen LogP contribution in [0.15, 0.2) is 36.1 Å². The van der Waals surface area contributed by atoms with Crippen LogP contribution in [0.4, 0.5) is 0 Å². The molecular formula is C12H13NO5. The first kappa shape index (κ1) is 13.7. The van der Waals surface area contributed by atoms with Gasteiger partial charge in [0, 0.05) is 30.3 Å². The van der Waals surface area contributed by atoms with E-state index in [9.17, 15) is 14.4 Å². The third-order valence-electron chi connectivity index (χ3n) is 2.03. The highest BCUT2D eigenvalue weighted by Crippen LogP contribution is 2.12. The summed E-state index contributed by atoms with van der Waals surface area (Å²) in [7, 11) is 1.20. The van der Waals surface area contributed by atoms with Gasteiger partial charge in [0.05, 0.1) is 7.11 Å². The minimum Gasteiger partial charge on any atom is -0.466 e. The fourth-order valence-corrected chi connectivity index (χ4v) is 1.27. The van der Waals surface area contributed by atoms with Gasteiger partial charge in [0.2, 0.25) is 5.91 Å². The lowest BCUT2D eigenvalue weighted by molar-refractivity contribution is -0.138. The molecule has 0 aromatic rings. The monoisotopic (exact) mass is 251 g/mol. The molecule has 0 aromatic heterocycles. The van der Waals surface area contributed by atoms with Crippen molar-refractivity contribution in [3.8, 4) is 0 Å². The first-order chi connectivity index (χ1) is 8.51. The van der Waals surface area contributed by atoms with Crippen molar-refractivity contribution in [2.45, 2.75) is 6.42 Å². The van der Waals surface area contributed by atoms with Crippen LogP contribution >= 0.6 is 0 Å². The molecule has 0 spiro atoms. The molecule has 1 heterocycles. The molecule has 1 aliphatic rings. The molecule has 96 valence electrons. The molecule has 0 aromatic carbocycles. The van der Waals surface area contributed by atoms with Crippen LogP contribution in [0.1, 0.15) is 6.42 Å². The number of carbonyl (C=O) groups excluding carboxylic acids is 3. The van der Waals surface area contributed by atoms with Gasteiger partial charge in [-0.3, -0.25) is 4.79 Å². The maximum absolute atomic E-state index is 11.2. The predicted octanol–water partition coefficient (Wildman–Crippen LogP) is 0.219. The summed E-state index contributed by atoms with van der Waals surface area (Å²) in [5, 5.41) is 2.52. The van der Waals surface area contributed by atoms with Gasteiger partial charge in [-0.25, -0.2) is 9.59 Å². The fraction of sp³-hybridized carbons (Fsp3) is 0.250. The quantitative estimate of drug-likeness (QED) is 0.571. The van der Waals surface area contributed by atoms with E-state index in [1.165, 1.54) is 13.2 Å². The molecule has 6 heteroatoms. The summed E-state index contributed by atoms with van der Waals surface area (Å²) >= 11 is 0. The van der Waals surface area contributed by atoms with Crippen molar-refractivity contribution in [3.63, 3.8) is 0 Å². The van der Waals surface area contributed by atoms with Crippen LogP contribution in [0.3, 0.4) is 0 Å². The van der Waals surface area contributed by atoms with Crippen LogP contribution in [0.5, 0.6) is 0 Å². The van der Waals surface area contributed by atoms with Crippen LogP contribution in [-0.4, -0.2) is 31.6 Å². The Balaban J connectivity index is 2.43. The minimum absolute atomic E-state index is 0.0171. The number of rotatable bonds is 4. The Morgan fingerprint density at radius 1 is 1.44 bits per heavy atom. The van der Waals surface area contributed by atoms with Crippen molar-refractivity contribution in [1.82, 2.24) is 5.32 Å². The van der Waals surface area contributed by atoms with Gasteiger partial charge < -0.3 is 14.8 Å². The Bertz CT molecular complexity index is 447. The molecule has 1 aliphatic heterocycles. The summed E-state index contributed by atoms with van der Waals surface area (Å²) in [4.78, 5) is 33.0. The number of carbonyl (C=O) groups is 3. The number of allylic oxidation sites excluding steroid dienone is 1. The molecule has 0 bridgehead atoms. The van der Waals surface area contributed by atoms with Crippen molar-refractivity contribution in [1.29, 1.82) is 0 Å². The summed E-state index contributed by atoms with van der Waals surface area (Å²) in [6.45, 7) is 3.61. The Morgan fingerprint density at radius 2 is 2.11 bits per heavy atom. The molecule has 0 unspecified atom stereocenters. The highest BCUT2D eigenvalue weighted by molar-refractivity contribution is 5.92. The zero-order valence-electron chi connectivity index (χ0n) is 9.89. The highest BCUT2D eigenvalue weighted by atomic mass is 16.5. The van der Waals surface area contributed by atoms with Crippen LogP contribution in [0.2, 0.25) is 0 Å². The van der Waals surface area contributed by atoms with Crippen molar-refractivity contribution in [2.24, 2.45) is 0 Å². The van der Waals surface area contributed by atoms with Crippen molar-refractivity contribution < 1.29 is 23.9 Å². The third-order valence-corrected chi connectivity index (χ3v) is 2.03. The zero-order chi connectivity index (χ0) is 13.5. The largest absolute Gasteiger partial charge is 0.466 e. The minimum atomic E-state index is -0.683. The van der Waals surface area contributed by atoms with Gasteiger partial charge in [-0.1, -0.05) is 6.58 Å². The summed E-state index contributed by atoms with van der Waals surface area (Å²) < 4.78 is 9.16. The van der Waals surface area contributed by atoms with E-state index < -0.39 is 11.9 Å². The van der Waals surface area contributed by atoms with Crippen LogP contribution in [-0.2, 0) is 23.9 Å². The lowest BCUT2D eigenvalue weighted by atomic mass is 10.1. The third kappa shape index (κ3) is 4.65. The molecule has 0 atom stereocenters. The van der Waals surface area contributed by atoms with Crippen LogP contribution in [0.25, 0.3) is 0 Å². The number of hydrogen-bond donors (Lipinski definition) is 1. The van der Waals surface area contributed by atoms with E-state index >= 15 is 0 Å². The van der Waals surface area contributed by atoms with E-state index in [4.69, 9.17) is 4.74 Å². The topological polar surface area (TPSA) is 81.7 Å². The maximum atomic E-state index is 11.2. The van der Waals surface area contributed by atoms with Gasteiger partial charge in [-0.05, 0) is 5.57 Å². The smallest absolute Gasteiger partial charge is 0.331 e. The highest BCUT2D eigenvalue weighted by Gasteiger charge is 2.13. The van der Waals surface area contributed by atoms with Crippen LogP contribution in [0, 0.1) is 0 Å². The molecule has 0 fully saturated rings. The molecule has 18 heavy (non-hydrogen) atoms. The second kappa shape index (κ2) is 6.39. The van der Waals surface area contributed by atoms with Gasteiger partial charge in [0.1, 0.15) is 6.61 Å². The first-order valence-electron chi connectivity index (χ1n) is 5.12. The van der Waals surface area contributed by atoms with E-state index in [0.29, 0.717) is 17.7 Å². The molecule has 1 rings (SSSR count). The van der Waals surface area contributed by atoms with Gasteiger partial charge in [0.25, 0.3) is 0 Å². The molecule has 0 saturated carbocycles. The Labute approximate surface area is 104 Å². The number of esters is 2. The van der Waals surface area contributed by atoms with Crippen molar-refractivity contribution >= 4 is 17.8 Å². The Kier molecular flexibility index (Phi) is 4.86. The van der Waals surface area contributed by atoms with E-state index in [2.05, 4.69) is 16.6 Å². The van der Waals surface area contributed by atoms with Gasteiger partial charge >= 0.3 is 11.9 Å². The van der Waals surface area contributed by atoms with Gasteiger partial charge in [-0.2, -0.15) is 0 Å². The molecule has 1 amide bonds. The molecule has 1 N–H and O–H groups in total. The number of hydrogen-bond acceptors (Lipinski definition) is 5. The Morgan fingerprint density at radius 3 is 2.72 bits per heavy atom.